The van der Waals surface area contributed by atoms with Gasteiger partial charge >= 0.3 is 0 Å². The standard InChI is InChI=1S/C17H24N4O/c1-3-9-18-14(7-1)17-20-15-8-5-10-19-16(15)21(17)12-13-6-2-4-11-22-13/h5,8,10,13-14,18H,1-4,6-7,9,11-12H2. The minimum absolute atomic E-state index is 0.301. The second kappa shape index (κ2) is 6.34. The lowest BCUT2D eigenvalue weighted by Gasteiger charge is -2.27. The van der Waals surface area contributed by atoms with E-state index in [9.17, 15) is 0 Å². The molecule has 0 aliphatic carbocycles. The normalized spacial score (nSPS) is 26.4. The molecule has 4 heterocycles. The van der Waals surface area contributed by atoms with Crippen LogP contribution in [0.2, 0.25) is 0 Å². The van der Waals surface area contributed by atoms with Crippen LogP contribution in [0.3, 0.4) is 0 Å². The van der Waals surface area contributed by atoms with Crippen molar-refractivity contribution in [1.82, 2.24) is 19.9 Å². The number of piperidine rings is 1. The van der Waals surface area contributed by atoms with Crippen molar-refractivity contribution in [3.8, 4) is 0 Å². The van der Waals surface area contributed by atoms with E-state index in [1.54, 1.807) is 0 Å². The summed E-state index contributed by atoms with van der Waals surface area (Å²) in [4.78, 5) is 9.46. The fraction of sp³-hybridized carbons (Fsp3) is 0.647. The second-order valence-electron chi connectivity index (χ2n) is 6.42. The quantitative estimate of drug-likeness (QED) is 0.947. The van der Waals surface area contributed by atoms with Crippen molar-refractivity contribution in [3.63, 3.8) is 0 Å². The van der Waals surface area contributed by atoms with Crippen molar-refractivity contribution >= 4 is 11.2 Å². The van der Waals surface area contributed by atoms with E-state index in [2.05, 4.69) is 20.9 Å². The topological polar surface area (TPSA) is 52.0 Å². The monoisotopic (exact) mass is 300 g/mol. The zero-order chi connectivity index (χ0) is 14.8. The molecule has 2 aliphatic heterocycles. The van der Waals surface area contributed by atoms with Crippen LogP contribution in [-0.4, -0.2) is 33.8 Å². The first-order chi connectivity index (χ1) is 10.9. The summed E-state index contributed by atoms with van der Waals surface area (Å²) in [6.07, 6.45) is 9.46. The first-order valence-electron chi connectivity index (χ1n) is 8.58. The van der Waals surface area contributed by atoms with Crippen LogP contribution < -0.4 is 5.32 Å². The summed E-state index contributed by atoms with van der Waals surface area (Å²) in [7, 11) is 0. The van der Waals surface area contributed by atoms with E-state index in [4.69, 9.17) is 9.72 Å². The van der Waals surface area contributed by atoms with Gasteiger partial charge in [0, 0.05) is 12.8 Å². The van der Waals surface area contributed by atoms with Gasteiger partial charge in [-0.05, 0) is 50.8 Å². The average Bonchev–Trinajstić information content (AvgIpc) is 2.95. The summed E-state index contributed by atoms with van der Waals surface area (Å²) in [5, 5.41) is 3.62. The molecule has 118 valence electrons. The van der Waals surface area contributed by atoms with Crippen LogP contribution in [0.1, 0.15) is 50.4 Å². The van der Waals surface area contributed by atoms with Crippen molar-refractivity contribution in [2.75, 3.05) is 13.2 Å². The molecule has 0 aromatic carbocycles. The van der Waals surface area contributed by atoms with Crippen LogP contribution in [-0.2, 0) is 11.3 Å². The van der Waals surface area contributed by atoms with Crippen molar-refractivity contribution in [2.24, 2.45) is 0 Å². The van der Waals surface area contributed by atoms with Crippen LogP contribution in [0.4, 0.5) is 0 Å². The summed E-state index contributed by atoms with van der Waals surface area (Å²) in [5.41, 5.74) is 2.00. The first kappa shape index (κ1) is 14.2. The van der Waals surface area contributed by atoms with E-state index < -0.39 is 0 Å². The lowest BCUT2D eigenvalue weighted by molar-refractivity contribution is 0.00581. The number of rotatable bonds is 3. The van der Waals surface area contributed by atoms with Gasteiger partial charge in [0.05, 0.1) is 18.7 Å². The SMILES string of the molecule is c1cnc2c(c1)nc(C1CCCCN1)n2CC1CCCCO1. The Labute approximate surface area is 131 Å². The third-order valence-electron chi connectivity index (χ3n) is 4.82. The summed E-state index contributed by atoms with van der Waals surface area (Å²) >= 11 is 0. The van der Waals surface area contributed by atoms with Gasteiger partial charge in [-0.2, -0.15) is 0 Å². The number of aromatic nitrogens is 3. The van der Waals surface area contributed by atoms with Gasteiger partial charge in [-0.1, -0.05) is 6.42 Å². The highest BCUT2D eigenvalue weighted by Crippen LogP contribution is 2.27. The number of hydrogen-bond acceptors (Lipinski definition) is 4. The van der Waals surface area contributed by atoms with Crippen molar-refractivity contribution in [1.29, 1.82) is 0 Å². The molecule has 2 unspecified atom stereocenters. The molecule has 5 heteroatoms. The van der Waals surface area contributed by atoms with E-state index >= 15 is 0 Å². The van der Waals surface area contributed by atoms with Gasteiger partial charge in [-0.15, -0.1) is 0 Å². The zero-order valence-corrected chi connectivity index (χ0v) is 13.0. The molecule has 1 N–H and O–H groups in total. The number of nitrogens with one attached hydrogen (secondary N) is 1. The maximum atomic E-state index is 5.95. The van der Waals surface area contributed by atoms with Crippen LogP contribution in [0.15, 0.2) is 18.3 Å². The zero-order valence-electron chi connectivity index (χ0n) is 13.0. The van der Waals surface area contributed by atoms with E-state index in [0.29, 0.717) is 12.1 Å². The molecule has 0 spiro atoms. The maximum Gasteiger partial charge on any atom is 0.160 e. The lowest BCUT2D eigenvalue weighted by atomic mass is 10.0. The van der Waals surface area contributed by atoms with Crippen LogP contribution >= 0.6 is 0 Å². The third-order valence-corrected chi connectivity index (χ3v) is 4.82. The van der Waals surface area contributed by atoms with Crippen molar-refractivity contribution in [2.45, 2.75) is 57.2 Å². The molecule has 5 nitrogen and oxygen atoms in total. The van der Waals surface area contributed by atoms with Gasteiger partial charge in [0.25, 0.3) is 0 Å². The van der Waals surface area contributed by atoms with Crippen LogP contribution in [0.5, 0.6) is 0 Å². The van der Waals surface area contributed by atoms with E-state index in [-0.39, 0.29) is 0 Å². The molecule has 0 saturated carbocycles. The number of hydrogen-bond donors (Lipinski definition) is 1. The number of imidazole rings is 1. The van der Waals surface area contributed by atoms with Gasteiger partial charge in [0.15, 0.2) is 5.65 Å². The van der Waals surface area contributed by atoms with Gasteiger partial charge in [0.1, 0.15) is 11.3 Å². The van der Waals surface area contributed by atoms with E-state index in [1.807, 2.05) is 12.3 Å². The molecule has 2 aliphatic rings. The summed E-state index contributed by atoms with van der Waals surface area (Å²) in [6.45, 7) is 2.85. The molecule has 2 aromatic heterocycles. The van der Waals surface area contributed by atoms with Crippen LogP contribution in [0, 0.1) is 0 Å². The first-order valence-corrected chi connectivity index (χ1v) is 8.58. The number of ether oxygens (including phenoxy) is 1. The maximum absolute atomic E-state index is 5.95. The Hall–Kier alpha value is -1.46. The molecule has 2 fully saturated rings. The van der Waals surface area contributed by atoms with E-state index in [0.717, 1.165) is 49.5 Å². The van der Waals surface area contributed by atoms with Gasteiger partial charge in [0.2, 0.25) is 0 Å². The van der Waals surface area contributed by atoms with Crippen molar-refractivity contribution in [3.05, 3.63) is 24.2 Å². The highest BCUT2D eigenvalue weighted by Gasteiger charge is 2.25. The summed E-state index contributed by atoms with van der Waals surface area (Å²) in [6, 6.07) is 4.38. The molecule has 2 aromatic rings. The molecular formula is C17H24N4O. The fourth-order valence-electron chi connectivity index (χ4n) is 3.65. The molecule has 2 saturated heterocycles. The Morgan fingerprint density at radius 3 is 3.00 bits per heavy atom. The molecule has 4 rings (SSSR count). The Morgan fingerprint density at radius 2 is 2.18 bits per heavy atom. The largest absolute Gasteiger partial charge is 0.376 e. The number of nitrogens with zero attached hydrogens (tertiary/aromatic N) is 3. The molecule has 0 bridgehead atoms. The highest BCUT2D eigenvalue weighted by atomic mass is 16.5. The minimum atomic E-state index is 0.301. The van der Waals surface area contributed by atoms with E-state index in [1.165, 1.54) is 25.7 Å². The van der Waals surface area contributed by atoms with Gasteiger partial charge in [-0.3, -0.25) is 0 Å². The van der Waals surface area contributed by atoms with Gasteiger partial charge in [-0.25, -0.2) is 9.97 Å². The minimum Gasteiger partial charge on any atom is -0.376 e. The van der Waals surface area contributed by atoms with Crippen molar-refractivity contribution < 1.29 is 4.74 Å². The smallest absolute Gasteiger partial charge is 0.160 e. The average molecular weight is 300 g/mol. The fourth-order valence-corrected chi connectivity index (χ4v) is 3.65. The Kier molecular flexibility index (Phi) is 4.08. The molecule has 0 amide bonds. The summed E-state index contributed by atoms with van der Waals surface area (Å²) < 4.78 is 8.25. The third kappa shape index (κ3) is 2.75. The molecule has 2 atom stereocenters. The van der Waals surface area contributed by atoms with Crippen LogP contribution in [0.25, 0.3) is 11.2 Å². The highest BCUT2D eigenvalue weighted by molar-refractivity contribution is 5.71. The molecule has 0 radical (unpaired) electrons. The Bertz CT molecular complexity index is 627. The predicted molar refractivity (Wildman–Crippen MR) is 85.7 cm³/mol. The number of pyridine rings is 1. The molecular weight excluding hydrogens is 276 g/mol. The molecule has 22 heavy (non-hydrogen) atoms. The van der Waals surface area contributed by atoms with Gasteiger partial charge < -0.3 is 14.6 Å². The second-order valence-corrected chi connectivity index (χ2v) is 6.42. The Balaban J connectivity index is 1.69. The predicted octanol–water partition coefficient (Wildman–Crippen LogP) is 2.82. The number of fused-ring (bicyclic) bond motifs is 1. The Morgan fingerprint density at radius 1 is 1.23 bits per heavy atom. The summed E-state index contributed by atoms with van der Waals surface area (Å²) in [5.74, 6) is 1.14. The lowest BCUT2D eigenvalue weighted by Crippen LogP contribution is -2.31.